The number of aromatic nitrogens is 1. The van der Waals surface area contributed by atoms with Crippen molar-refractivity contribution in [1.82, 2.24) is 4.57 Å². The van der Waals surface area contributed by atoms with Gasteiger partial charge in [-0.3, -0.25) is 4.79 Å². The number of carboxylic acids is 1. The maximum Gasteiger partial charge on any atom is 0.341 e. The second-order valence-corrected chi connectivity index (χ2v) is 5.91. The number of aromatic carboxylic acids is 1. The summed E-state index contributed by atoms with van der Waals surface area (Å²) in [6.45, 7) is 3.91. The molecule has 0 amide bonds. The first kappa shape index (κ1) is 16.7. The highest BCUT2D eigenvalue weighted by Crippen LogP contribution is 2.48. The predicted molar refractivity (Wildman–Crippen MR) is 91.6 cm³/mol. The third-order valence-electron chi connectivity index (χ3n) is 4.40. The zero-order valence-corrected chi connectivity index (χ0v) is 14.1. The first-order chi connectivity index (χ1) is 10.9. The van der Waals surface area contributed by atoms with Crippen LogP contribution in [-0.4, -0.2) is 28.3 Å². The minimum Gasteiger partial charge on any atom is -0.485 e. The van der Waals surface area contributed by atoms with Crippen LogP contribution in [0.1, 0.15) is 28.3 Å². The van der Waals surface area contributed by atoms with Crippen LogP contribution >= 0.6 is 17.0 Å². The van der Waals surface area contributed by atoms with Crippen LogP contribution in [0.5, 0.6) is 5.75 Å². The van der Waals surface area contributed by atoms with E-state index >= 15 is 0 Å². The Morgan fingerprint density at radius 1 is 1.50 bits per heavy atom. The van der Waals surface area contributed by atoms with E-state index < -0.39 is 22.8 Å². The van der Waals surface area contributed by atoms with Gasteiger partial charge in [-0.05, 0) is 12.5 Å². The van der Waals surface area contributed by atoms with E-state index in [1.165, 1.54) is 10.8 Å². The molecule has 2 heterocycles. The molecular weight excluding hydrogens is 383 g/mol. The Morgan fingerprint density at radius 3 is 2.75 bits per heavy atom. The fourth-order valence-electron chi connectivity index (χ4n) is 3.11. The molecule has 1 unspecified atom stereocenters. The molecule has 2 aromatic rings. The number of halogens is 2. The Bertz CT molecular complexity index is 969. The summed E-state index contributed by atoms with van der Waals surface area (Å²) < 4.78 is 21.7. The zero-order valence-electron chi connectivity index (χ0n) is 12.4. The van der Waals surface area contributed by atoms with E-state index in [0.717, 1.165) is 6.07 Å². The molecule has 1 saturated carbocycles. The van der Waals surface area contributed by atoms with Gasteiger partial charge < -0.3 is 20.1 Å². The lowest BCUT2D eigenvalue weighted by atomic mass is 10.0. The summed E-state index contributed by atoms with van der Waals surface area (Å²) in [5.74, 6) is -1.85. The van der Waals surface area contributed by atoms with Crippen molar-refractivity contribution in [1.29, 1.82) is 0 Å². The van der Waals surface area contributed by atoms with Gasteiger partial charge in [0.2, 0.25) is 5.43 Å². The Kier molecular flexibility index (Phi) is 3.76. The van der Waals surface area contributed by atoms with Crippen LogP contribution in [0.15, 0.2) is 23.6 Å². The predicted octanol–water partition coefficient (Wildman–Crippen LogP) is 2.09. The molecule has 1 aromatic carbocycles. The van der Waals surface area contributed by atoms with E-state index in [9.17, 15) is 19.1 Å². The number of nitrogens with two attached hydrogens (primary N) is 1. The summed E-state index contributed by atoms with van der Waals surface area (Å²) in [7, 11) is 0. The van der Waals surface area contributed by atoms with Crippen LogP contribution < -0.4 is 15.9 Å². The number of hydrogen-bond acceptors (Lipinski definition) is 4. The van der Waals surface area contributed by atoms with Crippen molar-refractivity contribution < 1.29 is 19.0 Å². The van der Waals surface area contributed by atoms with Crippen molar-refractivity contribution in [2.24, 2.45) is 5.73 Å². The number of nitrogens with zero attached hydrogens (tertiary/aromatic N) is 1. The SMILES string of the molecule is Br.C=C1COc2c([C@@H]3CC3N)c(F)cc3c(=O)c(C(=O)O)cn1c23. The van der Waals surface area contributed by atoms with Crippen molar-refractivity contribution in [3.05, 3.63) is 46.0 Å². The summed E-state index contributed by atoms with van der Waals surface area (Å²) in [5, 5.41) is 9.16. The number of rotatable bonds is 2. The molecule has 6 nitrogen and oxygen atoms in total. The summed E-state index contributed by atoms with van der Waals surface area (Å²) >= 11 is 0. The van der Waals surface area contributed by atoms with Gasteiger partial charge in [0.05, 0.1) is 16.6 Å². The minimum atomic E-state index is -1.37. The lowest BCUT2D eigenvalue weighted by Crippen LogP contribution is -2.24. The Balaban J connectivity index is 0.00000169. The fourth-order valence-corrected chi connectivity index (χ4v) is 3.11. The average Bonchev–Trinajstić information content (AvgIpc) is 3.20. The molecule has 1 aliphatic carbocycles. The molecule has 3 N–H and O–H groups in total. The molecule has 2 atom stereocenters. The zero-order chi connectivity index (χ0) is 16.5. The number of carboxylic acid groups (broad SMARTS) is 1. The lowest BCUT2D eigenvalue weighted by molar-refractivity contribution is 0.0695. The second-order valence-electron chi connectivity index (χ2n) is 5.91. The first-order valence-electron chi connectivity index (χ1n) is 7.11. The summed E-state index contributed by atoms with van der Waals surface area (Å²) in [4.78, 5) is 23.6. The van der Waals surface area contributed by atoms with Gasteiger partial charge in [0, 0.05) is 23.7 Å². The van der Waals surface area contributed by atoms with Crippen LogP contribution in [0.3, 0.4) is 0 Å². The van der Waals surface area contributed by atoms with Crippen molar-refractivity contribution in [3.63, 3.8) is 0 Å². The normalized spacial score (nSPS) is 21.2. The molecule has 0 spiro atoms. The van der Waals surface area contributed by atoms with Gasteiger partial charge in [0.25, 0.3) is 0 Å². The monoisotopic (exact) mass is 396 g/mol. The van der Waals surface area contributed by atoms with Gasteiger partial charge >= 0.3 is 5.97 Å². The van der Waals surface area contributed by atoms with Crippen molar-refractivity contribution in [2.75, 3.05) is 6.61 Å². The lowest BCUT2D eigenvalue weighted by Gasteiger charge is -2.25. The highest BCUT2D eigenvalue weighted by atomic mass is 79.9. The Labute approximate surface area is 146 Å². The molecule has 0 bridgehead atoms. The second kappa shape index (κ2) is 5.42. The van der Waals surface area contributed by atoms with Gasteiger partial charge in [-0.1, -0.05) is 6.58 Å². The third-order valence-corrected chi connectivity index (χ3v) is 4.40. The summed E-state index contributed by atoms with van der Waals surface area (Å²) in [6, 6.07) is 0.942. The number of hydrogen-bond donors (Lipinski definition) is 2. The van der Waals surface area contributed by atoms with Crippen LogP contribution in [0.4, 0.5) is 4.39 Å². The molecule has 0 radical (unpaired) electrons. The van der Waals surface area contributed by atoms with Crippen molar-refractivity contribution in [3.8, 4) is 5.75 Å². The van der Waals surface area contributed by atoms with Gasteiger partial charge in [0.1, 0.15) is 18.0 Å². The van der Waals surface area contributed by atoms with E-state index in [2.05, 4.69) is 6.58 Å². The van der Waals surface area contributed by atoms with E-state index in [1.54, 1.807) is 0 Å². The highest BCUT2D eigenvalue weighted by molar-refractivity contribution is 8.93. The van der Waals surface area contributed by atoms with Crippen LogP contribution in [0, 0.1) is 5.82 Å². The molecule has 4 rings (SSSR count). The summed E-state index contributed by atoms with van der Waals surface area (Å²) in [5.41, 5.74) is 5.84. The van der Waals surface area contributed by atoms with Gasteiger partial charge in [-0.15, -0.1) is 17.0 Å². The maximum absolute atomic E-state index is 14.5. The van der Waals surface area contributed by atoms with Gasteiger partial charge in [0.15, 0.2) is 5.75 Å². The standard InChI is InChI=1S/C16H13FN2O4.BrH/c1-6-5-23-15-12(7-3-11(7)18)10(17)2-8-13(15)19(6)4-9(14(8)20)16(21)22;/h2,4,7,11H,1,3,5,18H2,(H,21,22);1H/t7-,11?;/m1./s1. The van der Waals surface area contributed by atoms with Crippen molar-refractivity contribution >= 4 is 39.6 Å². The Hall–Kier alpha value is -2.19. The summed E-state index contributed by atoms with van der Waals surface area (Å²) in [6.07, 6.45) is 1.87. The highest BCUT2D eigenvalue weighted by Gasteiger charge is 2.41. The van der Waals surface area contributed by atoms with Crippen LogP contribution in [-0.2, 0) is 0 Å². The van der Waals surface area contributed by atoms with Crippen LogP contribution in [0.25, 0.3) is 16.6 Å². The van der Waals surface area contributed by atoms with Crippen LogP contribution in [0.2, 0.25) is 0 Å². The molecule has 1 aliphatic heterocycles. The van der Waals surface area contributed by atoms with Gasteiger partial charge in [-0.2, -0.15) is 0 Å². The fraction of sp³-hybridized carbons (Fsp3) is 0.250. The first-order valence-corrected chi connectivity index (χ1v) is 7.11. The van der Waals surface area contributed by atoms with E-state index in [4.69, 9.17) is 10.5 Å². The Morgan fingerprint density at radius 2 is 2.17 bits per heavy atom. The number of pyridine rings is 1. The number of benzene rings is 1. The van der Waals surface area contributed by atoms with Gasteiger partial charge in [-0.25, -0.2) is 9.18 Å². The number of ether oxygens (including phenoxy) is 1. The van der Waals surface area contributed by atoms with Crippen molar-refractivity contribution in [2.45, 2.75) is 18.4 Å². The molecular formula is C16H14BrFN2O4. The molecule has 8 heteroatoms. The van der Waals surface area contributed by atoms with E-state index in [1.807, 2.05) is 0 Å². The smallest absolute Gasteiger partial charge is 0.341 e. The topological polar surface area (TPSA) is 94.6 Å². The average molecular weight is 397 g/mol. The third kappa shape index (κ3) is 2.17. The quantitative estimate of drug-likeness (QED) is 0.810. The molecule has 1 aromatic heterocycles. The number of carbonyl (C=O) groups is 1. The largest absolute Gasteiger partial charge is 0.485 e. The van der Waals surface area contributed by atoms with E-state index in [0.29, 0.717) is 23.2 Å². The molecule has 2 aliphatic rings. The molecule has 1 fully saturated rings. The van der Waals surface area contributed by atoms with E-state index in [-0.39, 0.29) is 46.7 Å². The molecule has 24 heavy (non-hydrogen) atoms. The molecule has 0 saturated heterocycles. The maximum atomic E-state index is 14.5. The minimum absolute atomic E-state index is 0. The molecule has 126 valence electrons.